The molecule has 2 bridgehead atoms. The van der Waals surface area contributed by atoms with Crippen molar-refractivity contribution in [3.63, 3.8) is 0 Å². The van der Waals surface area contributed by atoms with Crippen LogP contribution in [0.25, 0.3) is 10.9 Å². The summed E-state index contributed by atoms with van der Waals surface area (Å²) in [6, 6.07) is 10.5. The Morgan fingerprint density at radius 2 is 2.20 bits per heavy atom. The molecule has 4 unspecified atom stereocenters. The number of rotatable bonds is 3. The number of pyridine rings is 1. The summed E-state index contributed by atoms with van der Waals surface area (Å²) in [7, 11) is 0. The van der Waals surface area contributed by atoms with E-state index in [1.54, 1.807) is 0 Å². The van der Waals surface area contributed by atoms with Crippen molar-refractivity contribution in [3.8, 4) is 0 Å². The molecule has 0 saturated carbocycles. The van der Waals surface area contributed by atoms with Gasteiger partial charge in [-0.05, 0) is 37.0 Å². The van der Waals surface area contributed by atoms with Crippen LogP contribution < -0.4 is 11.3 Å². The Balaban J connectivity index is 1.68. The Labute approximate surface area is 118 Å². The van der Waals surface area contributed by atoms with E-state index in [1.807, 2.05) is 24.4 Å². The summed E-state index contributed by atoms with van der Waals surface area (Å²) in [5.74, 6) is 6.29. The predicted octanol–water partition coefficient (Wildman–Crippen LogP) is 2.31. The maximum absolute atomic E-state index is 5.96. The SMILES string of the molecule is NNC(c1cnc2ccccc2c1)C1CC2CCC1O2. The second-order valence-corrected chi connectivity index (χ2v) is 5.88. The molecule has 0 spiro atoms. The fraction of sp³-hybridized carbons (Fsp3) is 0.438. The third kappa shape index (κ3) is 1.92. The number of nitrogens with one attached hydrogen (secondary N) is 1. The average molecular weight is 269 g/mol. The van der Waals surface area contributed by atoms with Crippen molar-refractivity contribution in [1.82, 2.24) is 10.4 Å². The van der Waals surface area contributed by atoms with Crippen molar-refractivity contribution >= 4 is 10.9 Å². The molecular formula is C16H19N3O. The topological polar surface area (TPSA) is 60.2 Å². The summed E-state index contributed by atoms with van der Waals surface area (Å²) in [6.07, 6.45) is 6.20. The lowest BCUT2D eigenvalue weighted by atomic mass is 9.81. The fourth-order valence-electron chi connectivity index (χ4n) is 3.75. The van der Waals surface area contributed by atoms with Crippen molar-refractivity contribution in [1.29, 1.82) is 0 Å². The third-order valence-corrected chi connectivity index (χ3v) is 4.73. The highest BCUT2D eigenvalue weighted by Crippen LogP contribution is 2.44. The molecule has 2 saturated heterocycles. The molecule has 4 nitrogen and oxygen atoms in total. The zero-order valence-electron chi connectivity index (χ0n) is 11.3. The van der Waals surface area contributed by atoms with Gasteiger partial charge >= 0.3 is 0 Å². The molecule has 0 amide bonds. The summed E-state index contributed by atoms with van der Waals surface area (Å²) in [4.78, 5) is 4.55. The first kappa shape index (κ1) is 12.3. The van der Waals surface area contributed by atoms with Crippen LogP contribution in [0.15, 0.2) is 36.5 Å². The zero-order valence-corrected chi connectivity index (χ0v) is 11.3. The van der Waals surface area contributed by atoms with Crippen LogP contribution in [-0.2, 0) is 4.74 Å². The van der Waals surface area contributed by atoms with Gasteiger partial charge in [0.1, 0.15) is 0 Å². The Morgan fingerprint density at radius 3 is 2.95 bits per heavy atom. The van der Waals surface area contributed by atoms with E-state index < -0.39 is 0 Å². The molecule has 1 aromatic heterocycles. The van der Waals surface area contributed by atoms with Crippen LogP contribution in [0, 0.1) is 5.92 Å². The van der Waals surface area contributed by atoms with Gasteiger partial charge in [-0.2, -0.15) is 0 Å². The van der Waals surface area contributed by atoms with E-state index in [2.05, 4.69) is 22.5 Å². The van der Waals surface area contributed by atoms with E-state index in [0.717, 1.165) is 29.3 Å². The van der Waals surface area contributed by atoms with Crippen LogP contribution in [0.3, 0.4) is 0 Å². The number of nitrogens with two attached hydrogens (primary N) is 1. The van der Waals surface area contributed by atoms with Crippen molar-refractivity contribution < 1.29 is 4.74 Å². The Bertz CT molecular complexity index is 630. The lowest BCUT2D eigenvalue weighted by Gasteiger charge is -2.28. The molecule has 3 heterocycles. The number of hydrogen-bond acceptors (Lipinski definition) is 4. The maximum Gasteiger partial charge on any atom is 0.0702 e. The van der Waals surface area contributed by atoms with Crippen molar-refractivity contribution in [2.45, 2.75) is 37.5 Å². The number of fused-ring (bicyclic) bond motifs is 3. The van der Waals surface area contributed by atoms with Crippen molar-refractivity contribution in [2.24, 2.45) is 11.8 Å². The van der Waals surface area contributed by atoms with Gasteiger partial charge < -0.3 is 4.74 Å². The van der Waals surface area contributed by atoms with Gasteiger partial charge in [0, 0.05) is 17.5 Å². The molecule has 4 atom stereocenters. The molecule has 0 radical (unpaired) electrons. The van der Waals surface area contributed by atoms with E-state index in [1.165, 1.54) is 6.42 Å². The molecule has 4 heteroatoms. The van der Waals surface area contributed by atoms with Crippen LogP contribution in [0.2, 0.25) is 0 Å². The van der Waals surface area contributed by atoms with Gasteiger partial charge in [0.25, 0.3) is 0 Å². The second-order valence-electron chi connectivity index (χ2n) is 5.88. The van der Waals surface area contributed by atoms with E-state index >= 15 is 0 Å². The highest BCUT2D eigenvalue weighted by atomic mass is 16.5. The van der Waals surface area contributed by atoms with E-state index in [4.69, 9.17) is 10.6 Å². The van der Waals surface area contributed by atoms with Crippen LogP contribution in [0.4, 0.5) is 0 Å². The summed E-state index contributed by atoms with van der Waals surface area (Å²) in [5.41, 5.74) is 5.17. The second kappa shape index (κ2) is 4.81. The Hall–Kier alpha value is -1.49. The normalized spacial score (nSPS) is 29.9. The predicted molar refractivity (Wildman–Crippen MR) is 77.8 cm³/mol. The number of hydrogen-bond donors (Lipinski definition) is 2. The number of hydrazine groups is 1. The van der Waals surface area contributed by atoms with Gasteiger partial charge in [-0.25, -0.2) is 0 Å². The Kier molecular flexibility index (Phi) is 2.95. The summed E-state index contributed by atoms with van der Waals surface area (Å²) in [6.45, 7) is 0. The zero-order chi connectivity index (χ0) is 13.5. The molecule has 2 aromatic rings. The van der Waals surface area contributed by atoms with Crippen molar-refractivity contribution in [3.05, 3.63) is 42.1 Å². The highest BCUT2D eigenvalue weighted by Gasteiger charge is 2.44. The number of benzene rings is 1. The molecule has 4 rings (SSSR count). The lowest BCUT2D eigenvalue weighted by molar-refractivity contribution is 0.0856. The number of ether oxygens (including phenoxy) is 1. The number of nitrogens with zero attached hydrogens (tertiary/aromatic N) is 1. The monoisotopic (exact) mass is 269 g/mol. The quantitative estimate of drug-likeness (QED) is 0.663. The van der Waals surface area contributed by atoms with Crippen LogP contribution in [0.5, 0.6) is 0 Å². The van der Waals surface area contributed by atoms with Crippen LogP contribution in [0.1, 0.15) is 30.9 Å². The van der Waals surface area contributed by atoms with Gasteiger partial charge in [-0.3, -0.25) is 16.3 Å². The van der Waals surface area contributed by atoms with Gasteiger partial charge in [0.2, 0.25) is 0 Å². The minimum atomic E-state index is 0.127. The fourth-order valence-corrected chi connectivity index (χ4v) is 3.75. The third-order valence-electron chi connectivity index (χ3n) is 4.73. The molecular weight excluding hydrogens is 250 g/mol. The summed E-state index contributed by atoms with van der Waals surface area (Å²) >= 11 is 0. The standard InChI is InChI=1S/C16H19N3O/c17-19-16(13-8-12-5-6-15(13)20-12)11-7-10-3-1-2-4-14(10)18-9-11/h1-4,7,9,12-13,15-16,19H,5-6,8,17H2. The van der Waals surface area contributed by atoms with Gasteiger partial charge in [-0.1, -0.05) is 18.2 Å². The molecule has 20 heavy (non-hydrogen) atoms. The first-order valence-electron chi connectivity index (χ1n) is 7.31. The van der Waals surface area contributed by atoms with Gasteiger partial charge in [0.05, 0.1) is 23.8 Å². The minimum Gasteiger partial charge on any atom is -0.375 e. The molecule has 1 aromatic carbocycles. The largest absolute Gasteiger partial charge is 0.375 e. The first-order chi connectivity index (χ1) is 9.85. The van der Waals surface area contributed by atoms with E-state index in [9.17, 15) is 0 Å². The molecule has 0 aliphatic carbocycles. The summed E-state index contributed by atoms with van der Waals surface area (Å²) < 4.78 is 5.96. The average Bonchev–Trinajstić information content (AvgIpc) is 3.11. The Morgan fingerprint density at radius 1 is 1.30 bits per heavy atom. The van der Waals surface area contributed by atoms with Crippen molar-refractivity contribution in [2.75, 3.05) is 0 Å². The van der Waals surface area contributed by atoms with Crippen LogP contribution in [-0.4, -0.2) is 17.2 Å². The van der Waals surface area contributed by atoms with Gasteiger partial charge in [-0.15, -0.1) is 0 Å². The minimum absolute atomic E-state index is 0.127. The molecule has 2 aliphatic heterocycles. The van der Waals surface area contributed by atoms with E-state index in [0.29, 0.717) is 18.1 Å². The summed E-state index contributed by atoms with van der Waals surface area (Å²) in [5, 5.41) is 1.16. The highest BCUT2D eigenvalue weighted by molar-refractivity contribution is 5.78. The molecule has 3 N–H and O–H groups in total. The number of para-hydroxylation sites is 1. The molecule has 2 fully saturated rings. The lowest BCUT2D eigenvalue weighted by Crippen LogP contribution is -2.37. The smallest absolute Gasteiger partial charge is 0.0702 e. The molecule has 2 aliphatic rings. The maximum atomic E-state index is 5.96. The van der Waals surface area contributed by atoms with E-state index in [-0.39, 0.29) is 6.04 Å². The van der Waals surface area contributed by atoms with Gasteiger partial charge in [0.15, 0.2) is 0 Å². The number of aromatic nitrogens is 1. The molecule has 104 valence electrons. The first-order valence-corrected chi connectivity index (χ1v) is 7.31. The van der Waals surface area contributed by atoms with Crippen LogP contribution >= 0.6 is 0 Å².